The van der Waals surface area contributed by atoms with Gasteiger partial charge in [-0.2, -0.15) is 0 Å². The quantitative estimate of drug-likeness (QED) is 0.817. The fraction of sp³-hybridized carbons (Fsp3) is 0.350. The van der Waals surface area contributed by atoms with Gasteiger partial charge in [-0.3, -0.25) is 9.69 Å². The van der Waals surface area contributed by atoms with Gasteiger partial charge in [-0.25, -0.2) is 0 Å². The van der Waals surface area contributed by atoms with Crippen molar-refractivity contribution < 1.29 is 24.1 Å². The molecule has 0 unspecified atom stereocenters. The molecule has 1 heterocycles. The number of carbonyl (C=O) groups is 1. The summed E-state index contributed by atoms with van der Waals surface area (Å²) in [6.45, 7) is 1.45. The Hall–Kier alpha value is -2.73. The van der Waals surface area contributed by atoms with Crippen molar-refractivity contribution in [2.45, 2.75) is 25.4 Å². The van der Waals surface area contributed by atoms with Crippen molar-refractivity contribution >= 4 is 5.97 Å². The molecule has 1 fully saturated rings. The Labute approximate surface area is 152 Å². The SMILES string of the molecule is COc1cc(OC)cc(Oc2ccc(CN3CCC[C@@H]3C(=O)O)cc2)c1. The molecule has 0 saturated carbocycles. The number of aliphatic carboxylic acids is 1. The highest BCUT2D eigenvalue weighted by Crippen LogP contribution is 2.31. The van der Waals surface area contributed by atoms with Crippen LogP contribution in [-0.4, -0.2) is 42.8 Å². The fourth-order valence-electron chi connectivity index (χ4n) is 3.17. The van der Waals surface area contributed by atoms with Gasteiger partial charge in [-0.1, -0.05) is 12.1 Å². The van der Waals surface area contributed by atoms with E-state index < -0.39 is 5.97 Å². The molecule has 26 heavy (non-hydrogen) atoms. The molecule has 0 aliphatic carbocycles. The zero-order chi connectivity index (χ0) is 18.5. The molecule has 138 valence electrons. The summed E-state index contributed by atoms with van der Waals surface area (Å²) in [7, 11) is 3.19. The molecular weight excluding hydrogens is 334 g/mol. The Bertz CT molecular complexity index is 737. The largest absolute Gasteiger partial charge is 0.496 e. The normalized spacial score (nSPS) is 17.1. The highest BCUT2D eigenvalue weighted by atomic mass is 16.5. The van der Waals surface area contributed by atoms with Crippen molar-refractivity contribution in [2.75, 3.05) is 20.8 Å². The first kappa shape index (κ1) is 18.1. The van der Waals surface area contributed by atoms with Crippen LogP contribution in [0.4, 0.5) is 0 Å². The van der Waals surface area contributed by atoms with E-state index in [2.05, 4.69) is 0 Å². The van der Waals surface area contributed by atoms with Crippen LogP contribution in [0.25, 0.3) is 0 Å². The summed E-state index contributed by atoms with van der Waals surface area (Å²) < 4.78 is 16.4. The van der Waals surface area contributed by atoms with E-state index in [-0.39, 0.29) is 6.04 Å². The van der Waals surface area contributed by atoms with Crippen molar-refractivity contribution in [1.82, 2.24) is 4.90 Å². The average molecular weight is 357 g/mol. The van der Waals surface area contributed by atoms with Gasteiger partial charge in [0.15, 0.2) is 0 Å². The number of methoxy groups -OCH3 is 2. The van der Waals surface area contributed by atoms with E-state index in [1.54, 1.807) is 32.4 Å². The van der Waals surface area contributed by atoms with Crippen LogP contribution in [-0.2, 0) is 11.3 Å². The first-order chi connectivity index (χ1) is 12.6. The Morgan fingerprint density at radius 2 is 1.65 bits per heavy atom. The molecule has 1 aliphatic heterocycles. The van der Waals surface area contributed by atoms with E-state index in [0.717, 1.165) is 18.5 Å². The van der Waals surface area contributed by atoms with E-state index in [1.165, 1.54) is 0 Å². The van der Waals surface area contributed by atoms with Crippen LogP contribution in [0.15, 0.2) is 42.5 Å². The van der Waals surface area contributed by atoms with Gasteiger partial charge in [0.05, 0.1) is 14.2 Å². The molecular formula is C20H23NO5. The second-order valence-electron chi connectivity index (χ2n) is 6.26. The molecule has 1 N–H and O–H groups in total. The van der Waals surface area contributed by atoms with Crippen LogP contribution < -0.4 is 14.2 Å². The Kier molecular flexibility index (Phi) is 5.63. The van der Waals surface area contributed by atoms with Gasteiger partial charge >= 0.3 is 5.97 Å². The van der Waals surface area contributed by atoms with Crippen molar-refractivity contribution in [3.8, 4) is 23.0 Å². The van der Waals surface area contributed by atoms with Crippen LogP contribution in [0.3, 0.4) is 0 Å². The summed E-state index contributed by atoms with van der Waals surface area (Å²) in [6.07, 6.45) is 1.64. The molecule has 6 nitrogen and oxygen atoms in total. The first-order valence-corrected chi connectivity index (χ1v) is 8.56. The second kappa shape index (κ2) is 8.10. The number of ether oxygens (including phenoxy) is 3. The maximum absolute atomic E-state index is 11.3. The smallest absolute Gasteiger partial charge is 0.320 e. The highest BCUT2D eigenvalue weighted by Gasteiger charge is 2.30. The summed E-state index contributed by atoms with van der Waals surface area (Å²) >= 11 is 0. The number of carboxylic acids is 1. The van der Waals surface area contributed by atoms with E-state index in [4.69, 9.17) is 14.2 Å². The molecule has 0 bridgehead atoms. The summed E-state index contributed by atoms with van der Waals surface area (Å²) in [5.41, 5.74) is 1.06. The summed E-state index contributed by atoms with van der Waals surface area (Å²) in [5, 5.41) is 9.27. The standard InChI is InChI=1S/C20H23NO5/c1-24-16-10-17(25-2)12-18(11-16)26-15-7-5-14(6-8-15)13-21-9-3-4-19(21)20(22)23/h5-8,10-12,19H,3-4,9,13H2,1-2H3,(H,22,23)/t19-/m1/s1. The lowest BCUT2D eigenvalue weighted by Crippen LogP contribution is -2.35. The van der Waals surface area contributed by atoms with Crippen molar-refractivity contribution in [2.24, 2.45) is 0 Å². The van der Waals surface area contributed by atoms with Crippen LogP contribution >= 0.6 is 0 Å². The molecule has 0 spiro atoms. The van der Waals surface area contributed by atoms with Crippen molar-refractivity contribution in [3.05, 3.63) is 48.0 Å². The van der Waals surface area contributed by atoms with Gasteiger partial charge in [0.25, 0.3) is 0 Å². The Morgan fingerprint density at radius 3 is 2.23 bits per heavy atom. The first-order valence-electron chi connectivity index (χ1n) is 8.56. The van der Waals surface area contributed by atoms with E-state index in [0.29, 0.717) is 36.0 Å². The monoisotopic (exact) mass is 357 g/mol. The zero-order valence-corrected chi connectivity index (χ0v) is 15.0. The Morgan fingerprint density at radius 1 is 1.04 bits per heavy atom. The third kappa shape index (κ3) is 4.26. The maximum Gasteiger partial charge on any atom is 0.320 e. The van der Waals surface area contributed by atoms with E-state index in [9.17, 15) is 9.90 Å². The van der Waals surface area contributed by atoms with Gasteiger partial charge in [0.2, 0.25) is 0 Å². The lowest BCUT2D eigenvalue weighted by molar-refractivity contribution is -0.142. The Balaban J connectivity index is 1.67. The van der Waals surface area contributed by atoms with Gasteiger partial charge in [0.1, 0.15) is 29.0 Å². The maximum atomic E-state index is 11.3. The average Bonchev–Trinajstić information content (AvgIpc) is 3.11. The van der Waals surface area contributed by atoms with Crippen molar-refractivity contribution in [3.63, 3.8) is 0 Å². The second-order valence-corrected chi connectivity index (χ2v) is 6.26. The van der Waals surface area contributed by atoms with E-state index >= 15 is 0 Å². The van der Waals surface area contributed by atoms with Crippen LogP contribution in [0.5, 0.6) is 23.0 Å². The molecule has 1 saturated heterocycles. The molecule has 2 aromatic rings. The number of hydrogen-bond acceptors (Lipinski definition) is 5. The summed E-state index contributed by atoms with van der Waals surface area (Å²) in [6, 6.07) is 12.7. The zero-order valence-electron chi connectivity index (χ0n) is 15.0. The van der Waals surface area contributed by atoms with Gasteiger partial charge in [0, 0.05) is 24.7 Å². The molecule has 0 amide bonds. The predicted molar refractivity (Wildman–Crippen MR) is 97.1 cm³/mol. The number of benzene rings is 2. The number of carboxylic acid groups (broad SMARTS) is 1. The molecule has 1 aliphatic rings. The minimum atomic E-state index is -0.741. The third-order valence-corrected chi connectivity index (χ3v) is 4.52. The van der Waals surface area contributed by atoms with Crippen LogP contribution in [0.1, 0.15) is 18.4 Å². The molecule has 3 rings (SSSR count). The van der Waals surface area contributed by atoms with Gasteiger partial charge in [-0.05, 0) is 37.1 Å². The topological polar surface area (TPSA) is 68.2 Å². The lowest BCUT2D eigenvalue weighted by atomic mass is 10.2. The minimum Gasteiger partial charge on any atom is -0.496 e. The van der Waals surface area contributed by atoms with Crippen molar-refractivity contribution in [1.29, 1.82) is 0 Å². The van der Waals surface area contributed by atoms with E-state index in [1.807, 2.05) is 29.2 Å². The predicted octanol–water partition coefficient (Wildman–Crippen LogP) is 3.55. The molecule has 6 heteroatoms. The van der Waals surface area contributed by atoms with Crippen LogP contribution in [0.2, 0.25) is 0 Å². The summed E-state index contributed by atoms with van der Waals surface area (Å²) in [5.74, 6) is 1.89. The fourth-order valence-corrected chi connectivity index (χ4v) is 3.17. The number of rotatable bonds is 7. The molecule has 2 aromatic carbocycles. The minimum absolute atomic E-state index is 0.379. The molecule has 0 radical (unpaired) electrons. The molecule has 0 aromatic heterocycles. The molecule has 1 atom stereocenters. The summed E-state index contributed by atoms with van der Waals surface area (Å²) in [4.78, 5) is 13.3. The highest BCUT2D eigenvalue weighted by molar-refractivity contribution is 5.73. The van der Waals surface area contributed by atoms with Gasteiger partial charge < -0.3 is 19.3 Å². The van der Waals surface area contributed by atoms with Gasteiger partial charge in [-0.15, -0.1) is 0 Å². The lowest BCUT2D eigenvalue weighted by Gasteiger charge is -2.21. The number of likely N-dealkylation sites (tertiary alicyclic amines) is 1. The number of nitrogens with zero attached hydrogens (tertiary/aromatic N) is 1. The van der Waals surface area contributed by atoms with Crippen LogP contribution in [0, 0.1) is 0 Å². The number of hydrogen-bond donors (Lipinski definition) is 1. The third-order valence-electron chi connectivity index (χ3n) is 4.52.